The van der Waals surface area contributed by atoms with Gasteiger partial charge in [0.05, 0.1) is 12.7 Å². The van der Waals surface area contributed by atoms with Gasteiger partial charge in [-0.25, -0.2) is 0 Å². The minimum Gasteiger partial charge on any atom is -0.494 e. The molecule has 0 spiro atoms. The minimum absolute atomic E-state index is 0.430. The monoisotopic (exact) mass is 234 g/mol. The molecule has 1 aliphatic heterocycles. The van der Waals surface area contributed by atoms with Crippen molar-refractivity contribution in [3.63, 3.8) is 0 Å². The summed E-state index contributed by atoms with van der Waals surface area (Å²) in [5, 5.41) is 0. The molecule has 1 aliphatic rings. The first kappa shape index (κ1) is 12.1. The zero-order valence-corrected chi connectivity index (χ0v) is 9.93. The predicted octanol–water partition coefficient (Wildman–Crippen LogP) is 2.84. The van der Waals surface area contributed by atoms with Gasteiger partial charge in [-0.15, -0.1) is 0 Å². The number of benzene rings is 1. The van der Waals surface area contributed by atoms with Crippen molar-refractivity contribution >= 4 is 6.29 Å². The van der Waals surface area contributed by atoms with E-state index in [-0.39, 0.29) is 0 Å². The maximum absolute atomic E-state index is 10.6. The van der Waals surface area contributed by atoms with Gasteiger partial charge in [0, 0.05) is 12.2 Å². The summed E-state index contributed by atoms with van der Waals surface area (Å²) in [7, 11) is 0. The second-order valence-corrected chi connectivity index (χ2v) is 4.32. The first-order chi connectivity index (χ1) is 8.38. The second-order valence-electron chi connectivity index (χ2n) is 4.32. The van der Waals surface area contributed by atoms with Crippen LogP contribution in [0, 0.1) is 0 Å². The predicted molar refractivity (Wildman–Crippen MR) is 65.5 cm³/mol. The molecule has 1 fully saturated rings. The lowest BCUT2D eigenvalue weighted by Crippen LogP contribution is -2.07. The Balaban J connectivity index is 1.68. The van der Waals surface area contributed by atoms with Crippen LogP contribution in [0.1, 0.15) is 36.0 Å². The molecule has 1 unspecified atom stereocenters. The van der Waals surface area contributed by atoms with Crippen molar-refractivity contribution in [2.24, 2.45) is 0 Å². The normalized spacial score (nSPS) is 19.2. The topological polar surface area (TPSA) is 35.5 Å². The fourth-order valence-electron chi connectivity index (χ4n) is 2.05. The molecular weight excluding hydrogens is 216 g/mol. The first-order valence-electron chi connectivity index (χ1n) is 6.18. The molecule has 1 saturated heterocycles. The minimum atomic E-state index is 0.430. The van der Waals surface area contributed by atoms with Crippen molar-refractivity contribution in [3.05, 3.63) is 29.8 Å². The lowest BCUT2D eigenvalue weighted by molar-refractivity contribution is 0.0981. The SMILES string of the molecule is O=Cc1cccc(OCCCC2CCCO2)c1. The van der Waals surface area contributed by atoms with Gasteiger partial charge in [-0.2, -0.15) is 0 Å². The summed E-state index contributed by atoms with van der Waals surface area (Å²) in [6, 6.07) is 7.24. The average molecular weight is 234 g/mol. The molecule has 0 aromatic heterocycles. The molecular formula is C14H18O3. The van der Waals surface area contributed by atoms with Crippen molar-refractivity contribution in [3.8, 4) is 5.75 Å². The molecule has 1 aromatic carbocycles. The molecule has 1 aromatic rings. The zero-order valence-electron chi connectivity index (χ0n) is 9.93. The van der Waals surface area contributed by atoms with Crippen LogP contribution >= 0.6 is 0 Å². The number of hydrogen-bond donors (Lipinski definition) is 0. The summed E-state index contributed by atoms with van der Waals surface area (Å²) in [6.45, 7) is 1.59. The van der Waals surface area contributed by atoms with E-state index in [0.29, 0.717) is 18.3 Å². The van der Waals surface area contributed by atoms with Crippen LogP contribution in [0.15, 0.2) is 24.3 Å². The number of aldehydes is 1. The average Bonchev–Trinajstić information content (AvgIpc) is 2.88. The van der Waals surface area contributed by atoms with Crippen molar-refractivity contribution in [1.82, 2.24) is 0 Å². The van der Waals surface area contributed by atoms with Crippen molar-refractivity contribution in [2.75, 3.05) is 13.2 Å². The number of ether oxygens (including phenoxy) is 2. The van der Waals surface area contributed by atoms with Crippen LogP contribution in [0.3, 0.4) is 0 Å². The van der Waals surface area contributed by atoms with Crippen molar-refractivity contribution < 1.29 is 14.3 Å². The Hall–Kier alpha value is -1.35. The van der Waals surface area contributed by atoms with Gasteiger partial charge >= 0.3 is 0 Å². The van der Waals surface area contributed by atoms with Crippen LogP contribution in [0.4, 0.5) is 0 Å². The van der Waals surface area contributed by atoms with E-state index in [2.05, 4.69) is 0 Å². The standard InChI is InChI=1S/C14H18O3/c15-11-12-4-1-5-14(10-12)17-9-3-7-13-6-2-8-16-13/h1,4-5,10-11,13H,2-3,6-9H2. The maximum atomic E-state index is 10.6. The fraction of sp³-hybridized carbons (Fsp3) is 0.500. The Morgan fingerprint density at radius 3 is 3.18 bits per heavy atom. The summed E-state index contributed by atoms with van der Waals surface area (Å²) >= 11 is 0. The highest BCUT2D eigenvalue weighted by molar-refractivity contribution is 5.75. The highest BCUT2D eigenvalue weighted by Crippen LogP contribution is 2.17. The van der Waals surface area contributed by atoms with Gasteiger partial charge in [0.1, 0.15) is 12.0 Å². The largest absolute Gasteiger partial charge is 0.494 e. The molecule has 0 saturated carbocycles. The van der Waals surface area contributed by atoms with E-state index < -0.39 is 0 Å². The van der Waals surface area contributed by atoms with E-state index in [1.165, 1.54) is 12.8 Å². The van der Waals surface area contributed by atoms with Crippen LogP contribution in [-0.4, -0.2) is 25.6 Å². The van der Waals surface area contributed by atoms with E-state index in [1.807, 2.05) is 12.1 Å². The van der Waals surface area contributed by atoms with Gasteiger partial charge in [-0.3, -0.25) is 4.79 Å². The van der Waals surface area contributed by atoms with Crippen LogP contribution in [0.2, 0.25) is 0 Å². The number of carbonyl (C=O) groups excluding carboxylic acids is 1. The summed E-state index contributed by atoms with van der Waals surface area (Å²) in [5.41, 5.74) is 0.654. The highest BCUT2D eigenvalue weighted by atomic mass is 16.5. The summed E-state index contributed by atoms with van der Waals surface area (Å²) in [4.78, 5) is 10.6. The highest BCUT2D eigenvalue weighted by Gasteiger charge is 2.14. The van der Waals surface area contributed by atoms with Gasteiger partial charge in [0.25, 0.3) is 0 Å². The third-order valence-electron chi connectivity index (χ3n) is 2.96. The molecule has 92 valence electrons. The lowest BCUT2D eigenvalue weighted by atomic mass is 10.1. The van der Waals surface area contributed by atoms with Crippen LogP contribution in [-0.2, 0) is 4.74 Å². The number of hydrogen-bond acceptors (Lipinski definition) is 3. The third kappa shape index (κ3) is 3.86. The smallest absolute Gasteiger partial charge is 0.150 e. The molecule has 0 N–H and O–H groups in total. The Labute approximate surface area is 102 Å². The maximum Gasteiger partial charge on any atom is 0.150 e. The van der Waals surface area contributed by atoms with E-state index in [4.69, 9.17) is 9.47 Å². The molecule has 17 heavy (non-hydrogen) atoms. The van der Waals surface area contributed by atoms with E-state index in [9.17, 15) is 4.79 Å². The molecule has 2 rings (SSSR count). The van der Waals surface area contributed by atoms with Crippen LogP contribution in [0.5, 0.6) is 5.75 Å². The van der Waals surface area contributed by atoms with E-state index >= 15 is 0 Å². The number of carbonyl (C=O) groups is 1. The molecule has 0 amide bonds. The lowest BCUT2D eigenvalue weighted by Gasteiger charge is -2.10. The summed E-state index contributed by atoms with van der Waals surface area (Å²) in [5.74, 6) is 0.766. The van der Waals surface area contributed by atoms with Crippen LogP contribution < -0.4 is 4.74 Å². The van der Waals surface area contributed by atoms with Gasteiger partial charge in [-0.1, -0.05) is 12.1 Å². The molecule has 1 heterocycles. The molecule has 3 heteroatoms. The van der Waals surface area contributed by atoms with Crippen LogP contribution in [0.25, 0.3) is 0 Å². The quantitative estimate of drug-likeness (QED) is 0.561. The van der Waals surface area contributed by atoms with Gasteiger partial charge < -0.3 is 9.47 Å². The number of rotatable bonds is 6. The zero-order chi connectivity index (χ0) is 11.9. The fourth-order valence-corrected chi connectivity index (χ4v) is 2.05. The van der Waals surface area contributed by atoms with Crippen molar-refractivity contribution in [2.45, 2.75) is 31.8 Å². The Bertz CT molecular complexity index is 356. The Kier molecular flexibility index (Phi) is 4.56. The molecule has 0 aliphatic carbocycles. The Morgan fingerprint density at radius 2 is 2.41 bits per heavy atom. The van der Waals surface area contributed by atoms with Gasteiger partial charge in [0.15, 0.2) is 0 Å². The summed E-state index contributed by atoms with van der Waals surface area (Å²) < 4.78 is 11.1. The second kappa shape index (κ2) is 6.40. The summed E-state index contributed by atoms with van der Waals surface area (Å²) in [6.07, 6.45) is 5.69. The van der Waals surface area contributed by atoms with E-state index in [1.54, 1.807) is 12.1 Å². The molecule has 1 atom stereocenters. The van der Waals surface area contributed by atoms with Crippen molar-refractivity contribution in [1.29, 1.82) is 0 Å². The third-order valence-corrected chi connectivity index (χ3v) is 2.96. The molecule has 3 nitrogen and oxygen atoms in total. The van der Waals surface area contributed by atoms with Gasteiger partial charge in [0.2, 0.25) is 0 Å². The molecule has 0 bridgehead atoms. The van der Waals surface area contributed by atoms with Gasteiger partial charge in [-0.05, 0) is 37.8 Å². The van der Waals surface area contributed by atoms with E-state index in [0.717, 1.165) is 31.5 Å². The Morgan fingerprint density at radius 1 is 1.47 bits per heavy atom. The first-order valence-corrected chi connectivity index (χ1v) is 6.18. The molecule has 0 radical (unpaired) electrons.